The zero-order chi connectivity index (χ0) is 17.6. The van der Waals surface area contributed by atoms with Gasteiger partial charge in [0.2, 0.25) is 0 Å². The number of carbonyl (C=O) groups excluding carboxylic acids is 1. The van der Waals surface area contributed by atoms with Crippen molar-refractivity contribution < 1.29 is 9.53 Å². The lowest BCUT2D eigenvalue weighted by Crippen LogP contribution is -2.44. The van der Waals surface area contributed by atoms with Crippen molar-refractivity contribution in [1.29, 1.82) is 0 Å². The molecule has 2 fully saturated rings. The Morgan fingerprint density at radius 1 is 1.28 bits per heavy atom. The van der Waals surface area contributed by atoms with Crippen molar-refractivity contribution in [2.45, 2.75) is 44.7 Å². The summed E-state index contributed by atoms with van der Waals surface area (Å²) in [7, 11) is 1.46. The second-order valence-electron chi connectivity index (χ2n) is 7.36. The molecule has 1 saturated heterocycles. The molecule has 3 rings (SSSR count). The number of benzene rings is 1. The molecule has 2 aliphatic rings. The molecule has 1 saturated carbocycles. The largest absolute Gasteiger partial charge is 0.469 e. The van der Waals surface area contributed by atoms with Crippen LogP contribution in [0.2, 0.25) is 0 Å². The van der Waals surface area contributed by atoms with Crippen molar-refractivity contribution in [2.75, 3.05) is 26.7 Å². The third kappa shape index (κ3) is 5.41. The van der Waals surface area contributed by atoms with Gasteiger partial charge in [0.05, 0.1) is 13.5 Å². The summed E-state index contributed by atoms with van der Waals surface area (Å²) in [6.45, 7) is 5.23. The van der Waals surface area contributed by atoms with E-state index in [-0.39, 0.29) is 5.97 Å². The van der Waals surface area contributed by atoms with E-state index in [1.807, 2.05) is 0 Å². The zero-order valence-electron chi connectivity index (χ0n) is 15.4. The topological polar surface area (TPSA) is 41.6 Å². The predicted molar refractivity (Wildman–Crippen MR) is 101 cm³/mol. The van der Waals surface area contributed by atoms with Gasteiger partial charge in [-0.05, 0) is 50.8 Å². The molecule has 1 N–H and O–H groups in total. The first-order valence-electron chi connectivity index (χ1n) is 9.44. The maximum atomic E-state index is 11.2. The van der Waals surface area contributed by atoms with Crippen molar-refractivity contribution in [3.63, 3.8) is 0 Å². The van der Waals surface area contributed by atoms with Crippen molar-refractivity contribution in [1.82, 2.24) is 10.2 Å². The number of esters is 1. The Hall–Kier alpha value is -1.65. The number of hydrogen-bond acceptors (Lipinski definition) is 4. The highest BCUT2D eigenvalue weighted by Crippen LogP contribution is 2.38. The summed E-state index contributed by atoms with van der Waals surface area (Å²) in [5.41, 5.74) is 2.78. The lowest BCUT2D eigenvalue weighted by atomic mass is 10.0. The van der Waals surface area contributed by atoms with E-state index in [0.29, 0.717) is 24.4 Å². The first-order chi connectivity index (χ1) is 12.2. The fraction of sp³-hybridized carbons (Fsp3) is 0.571. The van der Waals surface area contributed by atoms with Crippen LogP contribution in [-0.4, -0.2) is 49.7 Å². The van der Waals surface area contributed by atoms with Crippen LogP contribution >= 0.6 is 0 Å². The summed E-state index contributed by atoms with van der Waals surface area (Å²) in [5.74, 6) is 0.583. The first kappa shape index (κ1) is 18.2. The average Bonchev–Trinajstić information content (AvgIpc) is 3.41. The third-order valence-corrected chi connectivity index (χ3v) is 5.47. The summed E-state index contributed by atoms with van der Waals surface area (Å²) < 4.78 is 4.72. The molecule has 25 heavy (non-hydrogen) atoms. The quantitative estimate of drug-likeness (QED) is 0.773. The summed E-state index contributed by atoms with van der Waals surface area (Å²) in [5, 5.41) is 3.85. The molecule has 1 aliphatic heterocycles. The number of ether oxygens (including phenoxy) is 1. The number of hydrogen-bond donors (Lipinski definition) is 1. The fourth-order valence-electron chi connectivity index (χ4n) is 3.78. The van der Waals surface area contributed by atoms with E-state index >= 15 is 0 Å². The van der Waals surface area contributed by atoms with Crippen LogP contribution in [0.3, 0.4) is 0 Å². The van der Waals surface area contributed by atoms with Crippen LogP contribution in [0, 0.1) is 5.92 Å². The Balaban J connectivity index is 1.38. The fourth-order valence-corrected chi connectivity index (χ4v) is 3.78. The van der Waals surface area contributed by atoms with Crippen LogP contribution in [-0.2, 0) is 9.53 Å². The predicted octanol–water partition coefficient (Wildman–Crippen LogP) is 3.10. The molecule has 0 radical (unpaired) electrons. The van der Waals surface area contributed by atoms with Crippen LogP contribution in [0.15, 0.2) is 35.9 Å². The number of methoxy groups -OCH3 is 1. The number of nitrogens with one attached hydrogen (secondary N) is 1. The Bertz CT molecular complexity index is 591. The highest BCUT2D eigenvalue weighted by Gasteiger charge is 2.39. The van der Waals surface area contributed by atoms with Gasteiger partial charge in [0.25, 0.3) is 0 Å². The van der Waals surface area contributed by atoms with Crippen molar-refractivity contribution >= 4 is 12.0 Å². The monoisotopic (exact) mass is 342 g/mol. The molecule has 1 heterocycles. The molecule has 4 nitrogen and oxygen atoms in total. The van der Waals surface area contributed by atoms with Crippen molar-refractivity contribution in [3.05, 3.63) is 41.5 Å². The van der Waals surface area contributed by atoms with Gasteiger partial charge in [-0.1, -0.05) is 42.0 Å². The van der Waals surface area contributed by atoms with Gasteiger partial charge in [0.15, 0.2) is 0 Å². The van der Waals surface area contributed by atoms with Crippen LogP contribution in [0.1, 0.15) is 38.2 Å². The lowest BCUT2D eigenvalue weighted by molar-refractivity contribution is -0.141. The van der Waals surface area contributed by atoms with Crippen LogP contribution < -0.4 is 5.32 Å². The smallest absolute Gasteiger partial charge is 0.306 e. The Labute approximate surface area is 151 Å². The second kappa shape index (κ2) is 8.63. The van der Waals surface area contributed by atoms with E-state index in [2.05, 4.69) is 53.5 Å². The molecular formula is C21H30N2O2. The van der Waals surface area contributed by atoms with Crippen LogP contribution in [0.25, 0.3) is 6.08 Å². The van der Waals surface area contributed by atoms with E-state index in [1.54, 1.807) is 0 Å². The minimum absolute atomic E-state index is 0.109. The molecule has 0 amide bonds. The van der Waals surface area contributed by atoms with E-state index in [1.165, 1.54) is 37.5 Å². The molecule has 0 aromatic heterocycles. The lowest BCUT2D eigenvalue weighted by Gasteiger charge is -2.32. The van der Waals surface area contributed by atoms with Gasteiger partial charge in [0.1, 0.15) is 0 Å². The first-order valence-corrected chi connectivity index (χ1v) is 9.44. The second-order valence-corrected chi connectivity index (χ2v) is 7.36. The summed E-state index contributed by atoms with van der Waals surface area (Å²) in [6.07, 6.45) is 6.43. The van der Waals surface area contributed by atoms with Gasteiger partial charge in [-0.15, -0.1) is 0 Å². The zero-order valence-corrected chi connectivity index (χ0v) is 15.4. The molecule has 1 aliphatic carbocycles. The third-order valence-electron chi connectivity index (χ3n) is 5.47. The molecule has 0 spiro atoms. The van der Waals surface area contributed by atoms with Gasteiger partial charge in [-0.25, -0.2) is 0 Å². The highest BCUT2D eigenvalue weighted by atomic mass is 16.5. The number of rotatable bonds is 7. The standard InChI is InChI=1S/C21H30N2O2/c1-16(14-17-6-4-3-5-7-17)19-15-20(19)22-18-8-11-23(12-9-18)13-10-21(24)25-2/h3-7,14,18-20,22H,8-13,15H2,1-2H3/t19?,20-/m0/s1. The Morgan fingerprint density at radius 2 is 2.00 bits per heavy atom. The Morgan fingerprint density at radius 3 is 2.68 bits per heavy atom. The number of carbonyl (C=O) groups is 1. The van der Waals surface area contributed by atoms with Crippen molar-refractivity contribution in [3.8, 4) is 0 Å². The molecule has 1 aromatic rings. The number of piperidine rings is 1. The Kier molecular flexibility index (Phi) is 6.27. The minimum Gasteiger partial charge on any atom is -0.469 e. The molecule has 0 bridgehead atoms. The van der Waals surface area contributed by atoms with Gasteiger partial charge in [0, 0.05) is 18.6 Å². The van der Waals surface area contributed by atoms with E-state index < -0.39 is 0 Å². The van der Waals surface area contributed by atoms with Crippen LogP contribution in [0.5, 0.6) is 0 Å². The molecule has 1 unspecified atom stereocenters. The molecule has 136 valence electrons. The van der Waals surface area contributed by atoms with Gasteiger partial charge in [-0.3, -0.25) is 4.79 Å². The van der Waals surface area contributed by atoms with Crippen LogP contribution in [0.4, 0.5) is 0 Å². The SMILES string of the molecule is COC(=O)CCN1CCC(N[C@H]2CC2C(C)=Cc2ccccc2)CC1. The molecular weight excluding hydrogens is 312 g/mol. The molecule has 1 aromatic carbocycles. The van der Waals surface area contributed by atoms with E-state index in [0.717, 1.165) is 19.6 Å². The molecule has 4 heteroatoms. The molecule has 2 atom stereocenters. The average molecular weight is 342 g/mol. The van der Waals surface area contributed by atoms with Crippen molar-refractivity contribution in [2.24, 2.45) is 5.92 Å². The van der Waals surface area contributed by atoms with Gasteiger partial charge >= 0.3 is 5.97 Å². The maximum Gasteiger partial charge on any atom is 0.306 e. The maximum absolute atomic E-state index is 11.2. The highest BCUT2D eigenvalue weighted by molar-refractivity contribution is 5.69. The normalized spacial score (nSPS) is 25.0. The van der Waals surface area contributed by atoms with E-state index in [4.69, 9.17) is 4.74 Å². The number of likely N-dealkylation sites (tertiary alicyclic amines) is 1. The minimum atomic E-state index is -0.109. The summed E-state index contributed by atoms with van der Waals surface area (Å²) in [6, 6.07) is 11.8. The van der Waals surface area contributed by atoms with Gasteiger partial charge in [-0.2, -0.15) is 0 Å². The van der Waals surface area contributed by atoms with E-state index in [9.17, 15) is 4.79 Å². The summed E-state index contributed by atoms with van der Waals surface area (Å²) >= 11 is 0. The van der Waals surface area contributed by atoms with Gasteiger partial charge < -0.3 is 15.0 Å². The summed E-state index contributed by atoms with van der Waals surface area (Å²) in [4.78, 5) is 13.6. The number of nitrogens with zero attached hydrogens (tertiary/aromatic N) is 1.